The quantitative estimate of drug-likeness (QED) is 0.579. The summed E-state index contributed by atoms with van der Waals surface area (Å²) >= 11 is 0. The molecule has 0 bridgehead atoms. The second-order valence-corrected chi connectivity index (χ2v) is 3.00. The molecule has 0 heterocycles. The Morgan fingerprint density at radius 3 is 2.62 bits per heavy atom. The average molecular weight is 184 g/mol. The summed E-state index contributed by atoms with van der Waals surface area (Å²) in [6, 6.07) is 4.31. The van der Waals surface area contributed by atoms with Crippen molar-refractivity contribution in [2.75, 3.05) is 0 Å². The first kappa shape index (κ1) is 8.35. The van der Waals surface area contributed by atoms with Gasteiger partial charge in [-0.25, -0.2) is 4.39 Å². The van der Waals surface area contributed by atoms with E-state index in [1.165, 1.54) is 12.1 Å². The Morgan fingerprint density at radius 2 is 1.92 bits per heavy atom. The zero-order valence-electron chi connectivity index (χ0n) is 6.78. The minimum Gasteiger partial charge on any atom is -0.207 e. The molecule has 0 aromatic heterocycles. The average Bonchev–Trinajstić information content (AvgIpc) is 2.48. The molecule has 0 spiro atoms. The summed E-state index contributed by atoms with van der Waals surface area (Å²) < 4.78 is 37.7. The molecule has 3 heteroatoms. The van der Waals surface area contributed by atoms with Crippen LogP contribution in [0.25, 0.3) is 5.57 Å². The Bertz CT molecular complexity index is 376. The molecule has 1 aliphatic carbocycles. The van der Waals surface area contributed by atoms with E-state index in [9.17, 15) is 13.2 Å². The number of hydrogen-bond acceptors (Lipinski definition) is 0. The van der Waals surface area contributed by atoms with Crippen molar-refractivity contribution >= 4 is 5.57 Å². The van der Waals surface area contributed by atoms with Crippen LogP contribution in [0.1, 0.15) is 17.5 Å². The second-order valence-electron chi connectivity index (χ2n) is 3.00. The van der Waals surface area contributed by atoms with Crippen molar-refractivity contribution < 1.29 is 13.2 Å². The van der Waals surface area contributed by atoms with Crippen LogP contribution in [0.2, 0.25) is 0 Å². The molecule has 0 aliphatic heterocycles. The van der Waals surface area contributed by atoms with Gasteiger partial charge in [0.15, 0.2) is 0 Å². The van der Waals surface area contributed by atoms with E-state index in [4.69, 9.17) is 0 Å². The number of fused-ring (bicyclic) bond motifs is 1. The maximum atomic E-state index is 13.1. The molecule has 0 unspecified atom stereocenters. The number of benzene rings is 1. The molecule has 1 aromatic carbocycles. The van der Waals surface area contributed by atoms with Crippen LogP contribution in [-0.4, -0.2) is 0 Å². The Morgan fingerprint density at radius 1 is 1.15 bits per heavy atom. The van der Waals surface area contributed by atoms with E-state index >= 15 is 0 Å². The van der Waals surface area contributed by atoms with Crippen molar-refractivity contribution in [2.24, 2.45) is 0 Å². The van der Waals surface area contributed by atoms with Gasteiger partial charge in [0.25, 0.3) is 6.08 Å². The lowest BCUT2D eigenvalue weighted by Gasteiger charge is -1.99. The van der Waals surface area contributed by atoms with Crippen molar-refractivity contribution in [3.8, 4) is 0 Å². The first-order valence-electron chi connectivity index (χ1n) is 4.02. The highest BCUT2D eigenvalue weighted by Crippen LogP contribution is 2.36. The van der Waals surface area contributed by atoms with Crippen LogP contribution in [0.5, 0.6) is 0 Å². The van der Waals surface area contributed by atoms with Crippen molar-refractivity contribution in [3.63, 3.8) is 0 Å². The predicted octanol–water partition coefficient (Wildman–Crippen LogP) is 3.38. The molecule has 0 fully saturated rings. The number of hydrogen-bond donors (Lipinski definition) is 0. The molecule has 0 saturated carbocycles. The Hall–Kier alpha value is -1.25. The number of rotatable bonds is 0. The molecule has 0 saturated heterocycles. The Kier molecular flexibility index (Phi) is 1.87. The normalized spacial score (nSPS) is 14.5. The minimum absolute atomic E-state index is 0.00509. The molecule has 0 nitrogen and oxygen atoms in total. The lowest BCUT2D eigenvalue weighted by Crippen LogP contribution is -1.86. The van der Waals surface area contributed by atoms with E-state index in [1.807, 2.05) is 0 Å². The summed E-state index contributed by atoms with van der Waals surface area (Å²) in [5, 5.41) is 0. The summed E-state index contributed by atoms with van der Waals surface area (Å²) in [5.74, 6) is -0.381. The van der Waals surface area contributed by atoms with Gasteiger partial charge in [-0.1, -0.05) is 12.1 Å². The molecular weight excluding hydrogens is 177 g/mol. The zero-order valence-corrected chi connectivity index (χ0v) is 6.78. The summed E-state index contributed by atoms with van der Waals surface area (Å²) in [7, 11) is 0. The topological polar surface area (TPSA) is 0 Å². The lowest BCUT2D eigenvalue weighted by atomic mass is 10.1. The fourth-order valence-corrected chi connectivity index (χ4v) is 1.68. The fraction of sp³-hybridized carbons (Fsp3) is 0.200. The highest BCUT2D eigenvalue weighted by Gasteiger charge is 2.22. The Balaban J connectivity index is 2.62. The van der Waals surface area contributed by atoms with Gasteiger partial charge in [-0.05, 0) is 30.0 Å². The van der Waals surface area contributed by atoms with Gasteiger partial charge >= 0.3 is 0 Å². The molecule has 0 amide bonds. The van der Waals surface area contributed by atoms with Crippen LogP contribution in [-0.2, 0) is 6.42 Å². The molecule has 2 rings (SSSR count). The largest absolute Gasteiger partial charge is 0.274 e. The molecule has 1 aromatic rings. The van der Waals surface area contributed by atoms with Gasteiger partial charge in [0, 0.05) is 5.57 Å². The maximum absolute atomic E-state index is 13.1. The van der Waals surface area contributed by atoms with Gasteiger partial charge in [0.2, 0.25) is 0 Å². The third-order valence-electron chi connectivity index (χ3n) is 2.30. The zero-order chi connectivity index (χ0) is 9.42. The maximum Gasteiger partial charge on any atom is 0.274 e. The third kappa shape index (κ3) is 1.24. The van der Waals surface area contributed by atoms with Gasteiger partial charge in [-0.2, -0.15) is 8.78 Å². The van der Waals surface area contributed by atoms with Crippen molar-refractivity contribution in [1.29, 1.82) is 0 Å². The van der Waals surface area contributed by atoms with Crippen LogP contribution < -0.4 is 0 Å². The monoisotopic (exact) mass is 184 g/mol. The van der Waals surface area contributed by atoms with E-state index in [-0.39, 0.29) is 17.8 Å². The highest BCUT2D eigenvalue weighted by atomic mass is 19.3. The van der Waals surface area contributed by atoms with E-state index in [1.54, 1.807) is 6.07 Å². The molecule has 0 radical (unpaired) electrons. The SMILES string of the molecule is FC(F)=C1CCc2c(F)cccc21. The molecule has 68 valence electrons. The van der Waals surface area contributed by atoms with Gasteiger partial charge < -0.3 is 0 Å². The first-order valence-corrected chi connectivity index (χ1v) is 4.02. The standard InChI is InChI=1S/C10H7F3/c11-9-3-1-2-6-7(9)4-5-8(6)10(12)13/h1-3H,4-5H2. The second kappa shape index (κ2) is 2.91. The summed E-state index contributed by atoms with van der Waals surface area (Å²) in [4.78, 5) is 0. The van der Waals surface area contributed by atoms with Crippen LogP contribution in [0.4, 0.5) is 13.2 Å². The van der Waals surface area contributed by atoms with E-state index in [0.717, 1.165) is 0 Å². The number of halogens is 3. The van der Waals surface area contributed by atoms with E-state index in [0.29, 0.717) is 17.5 Å². The van der Waals surface area contributed by atoms with Gasteiger partial charge in [0.1, 0.15) is 5.82 Å². The van der Waals surface area contributed by atoms with Gasteiger partial charge in [0.05, 0.1) is 0 Å². The Labute approximate surface area is 73.7 Å². The molecule has 13 heavy (non-hydrogen) atoms. The van der Waals surface area contributed by atoms with Crippen molar-refractivity contribution in [3.05, 3.63) is 41.2 Å². The summed E-state index contributed by atoms with van der Waals surface area (Å²) in [6.07, 6.45) is -1.06. The number of allylic oxidation sites excluding steroid dienone is 1. The predicted molar refractivity (Wildman–Crippen MR) is 43.9 cm³/mol. The summed E-state index contributed by atoms with van der Waals surface area (Å²) in [5.41, 5.74) is 0.791. The third-order valence-corrected chi connectivity index (χ3v) is 2.30. The first-order chi connectivity index (χ1) is 6.20. The fourth-order valence-electron chi connectivity index (χ4n) is 1.68. The van der Waals surface area contributed by atoms with E-state index < -0.39 is 6.08 Å². The minimum atomic E-state index is -1.69. The molecular formula is C10H7F3. The van der Waals surface area contributed by atoms with Crippen molar-refractivity contribution in [2.45, 2.75) is 12.8 Å². The molecule has 1 aliphatic rings. The van der Waals surface area contributed by atoms with Gasteiger partial charge in [-0.15, -0.1) is 0 Å². The van der Waals surface area contributed by atoms with E-state index in [2.05, 4.69) is 0 Å². The van der Waals surface area contributed by atoms with Crippen molar-refractivity contribution in [1.82, 2.24) is 0 Å². The van der Waals surface area contributed by atoms with Crippen LogP contribution >= 0.6 is 0 Å². The summed E-state index contributed by atoms with van der Waals surface area (Å²) in [6.45, 7) is 0. The van der Waals surface area contributed by atoms with Gasteiger partial charge in [-0.3, -0.25) is 0 Å². The molecule has 0 atom stereocenters. The van der Waals surface area contributed by atoms with Crippen LogP contribution in [0.3, 0.4) is 0 Å². The lowest BCUT2D eigenvalue weighted by molar-refractivity contribution is 0.424. The highest BCUT2D eigenvalue weighted by molar-refractivity contribution is 5.73. The van der Waals surface area contributed by atoms with Crippen LogP contribution in [0.15, 0.2) is 24.3 Å². The smallest absolute Gasteiger partial charge is 0.207 e. The molecule has 0 N–H and O–H groups in total. The van der Waals surface area contributed by atoms with Crippen LogP contribution in [0, 0.1) is 5.82 Å².